The van der Waals surface area contributed by atoms with Gasteiger partial charge < -0.3 is 5.11 Å². The standard InChI is InChI=1S/C78H67N3O/c1-77(2,3)64-50-59(49-60(51-64)71-52-58(45-46-79-71)55-40-42-63(43-41-55)78(4,61-29-13-7-14-30-61)62-31-15-8-16-32-62)66-35-22-38-73-74(66)80-76(69-37-21-36-68(75(69)82)67-34-20-19-33-65(67)56-25-9-5-10-26-56)81(73)72-44-39-54(47-53-23-17-18-24-53)48-70(72)57-27-11-6-12-28-57/h5-16,19-22,25-46,48-53,82H,17-18,23-24,47H2,1-4H3. The molecule has 10 aromatic carbocycles. The number of aromatic nitrogens is 3. The van der Waals surface area contributed by atoms with Crippen LogP contribution in [0.1, 0.15) is 81.2 Å². The highest BCUT2D eigenvalue weighted by Gasteiger charge is 2.31. The van der Waals surface area contributed by atoms with Crippen molar-refractivity contribution in [1.82, 2.24) is 14.5 Å². The van der Waals surface area contributed by atoms with E-state index in [1.807, 2.05) is 30.5 Å². The van der Waals surface area contributed by atoms with E-state index in [-0.39, 0.29) is 16.6 Å². The van der Waals surface area contributed by atoms with Crippen LogP contribution in [0.25, 0.3) is 95.0 Å². The Balaban J connectivity index is 0.968. The molecule has 0 spiro atoms. The van der Waals surface area contributed by atoms with Crippen molar-refractivity contribution in [1.29, 1.82) is 0 Å². The molecule has 0 atom stereocenters. The summed E-state index contributed by atoms with van der Waals surface area (Å²) in [5.74, 6) is 1.54. The van der Waals surface area contributed by atoms with Crippen molar-refractivity contribution in [3.05, 3.63) is 289 Å². The van der Waals surface area contributed by atoms with Gasteiger partial charge in [0.1, 0.15) is 11.6 Å². The van der Waals surface area contributed by atoms with Crippen molar-refractivity contribution in [3.63, 3.8) is 0 Å². The summed E-state index contributed by atoms with van der Waals surface area (Å²) in [6.45, 7) is 9.16. The molecule has 1 aliphatic carbocycles. The number of imidazole rings is 1. The molecule has 0 amide bonds. The molecule has 2 aromatic heterocycles. The zero-order valence-electron chi connectivity index (χ0n) is 47.2. The van der Waals surface area contributed by atoms with Crippen LogP contribution in [0.4, 0.5) is 0 Å². The maximum Gasteiger partial charge on any atom is 0.149 e. The van der Waals surface area contributed by atoms with Crippen LogP contribution in [0.2, 0.25) is 0 Å². The highest BCUT2D eigenvalue weighted by Crippen LogP contribution is 2.47. The van der Waals surface area contributed by atoms with Gasteiger partial charge in [0.2, 0.25) is 0 Å². The SMILES string of the molecule is CC(C)(C)c1cc(-c2cc(-c3ccc(C(C)(c4ccccc4)c4ccccc4)cc3)ccn2)cc(-c2cccc3c2nc(-c2cccc(-c4ccccc4-c4ccccc4)c2O)n3-c2ccc(CC3CCCC3)cc2-c2ccccc2)c1. The number of rotatable bonds is 13. The summed E-state index contributed by atoms with van der Waals surface area (Å²) >= 11 is 0. The molecule has 82 heavy (non-hydrogen) atoms. The van der Waals surface area contributed by atoms with E-state index in [9.17, 15) is 5.11 Å². The van der Waals surface area contributed by atoms with Gasteiger partial charge in [-0.05, 0) is 140 Å². The Morgan fingerprint density at radius 2 is 0.988 bits per heavy atom. The number of phenols is 1. The van der Waals surface area contributed by atoms with E-state index in [0.717, 1.165) is 90.0 Å². The molecule has 0 bridgehead atoms. The van der Waals surface area contributed by atoms with Crippen molar-refractivity contribution in [2.75, 3.05) is 0 Å². The summed E-state index contributed by atoms with van der Waals surface area (Å²) in [7, 11) is 0. The third-order valence-electron chi connectivity index (χ3n) is 17.3. The zero-order valence-corrected chi connectivity index (χ0v) is 47.2. The second-order valence-corrected chi connectivity index (χ2v) is 23.5. The number of benzene rings is 10. The van der Waals surface area contributed by atoms with Crippen LogP contribution in [0.5, 0.6) is 5.75 Å². The quantitative estimate of drug-likeness (QED) is 0.117. The largest absolute Gasteiger partial charge is 0.507 e. The smallest absolute Gasteiger partial charge is 0.149 e. The molecule has 0 saturated heterocycles. The molecule has 1 saturated carbocycles. The molecule has 1 N–H and O–H groups in total. The number of hydrogen-bond donors (Lipinski definition) is 1. The Labute approximate surface area is 483 Å². The lowest BCUT2D eigenvalue weighted by atomic mass is 9.71. The van der Waals surface area contributed by atoms with E-state index in [0.29, 0.717) is 17.3 Å². The maximum atomic E-state index is 12.9. The zero-order chi connectivity index (χ0) is 55.8. The number of pyridine rings is 1. The van der Waals surface area contributed by atoms with Crippen LogP contribution in [-0.4, -0.2) is 19.6 Å². The minimum atomic E-state index is -0.337. The highest BCUT2D eigenvalue weighted by molar-refractivity contribution is 5.99. The maximum absolute atomic E-state index is 12.9. The lowest BCUT2D eigenvalue weighted by Crippen LogP contribution is -2.25. The number of phenolic OH excluding ortho intramolecular Hbond substituents is 1. The molecule has 0 aliphatic heterocycles. The van der Waals surface area contributed by atoms with Crippen molar-refractivity contribution >= 4 is 11.0 Å². The van der Waals surface area contributed by atoms with Gasteiger partial charge in [0.15, 0.2) is 0 Å². The molecule has 1 aliphatic rings. The molecular formula is C78H67N3O. The van der Waals surface area contributed by atoms with Gasteiger partial charge in [0, 0.05) is 33.9 Å². The first kappa shape index (κ1) is 52.0. The normalized spacial score (nSPS) is 13.0. The molecule has 400 valence electrons. The van der Waals surface area contributed by atoms with Gasteiger partial charge in [0.05, 0.1) is 28.0 Å². The molecule has 13 rings (SSSR count). The summed E-state index contributed by atoms with van der Waals surface area (Å²) in [6.07, 6.45) is 8.18. The van der Waals surface area contributed by atoms with Crippen LogP contribution < -0.4 is 0 Å². The fraction of sp³-hybridized carbons (Fsp3) is 0.154. The fourth-order valence-corrected chi connectivity index (χ4v) is 12.8. The van der Waals surface area contributed by atoms with Crippen molar-refractivity contribution in [2.45, 2.75) is 70.6 Å². The Hall–Kier alpha value is -9.38. The van der Waals surface area contributed by atoms with Gasteiger partial charge in [-0.3, -0.25) is 9.55 Å². The highest BCUT2D eigenvalue weighted by atomic mass is 16.3. The van der Waals surface area contributed by atoms with E-state index < -0.39 is 0 Å². The number of para-hydroxylation sites is 2. The average Bonchev–Trinajstić information content (AvgIpc) is 2.99. The van der Waals surface area contributed by atoms with Gasteiger partial charge in [-0.15, -0.1) is 0 Å². The van der Waals surface area contributed by atoms with Crippen LogP contribution in [0, 0.1) is 5.92 Å². The predicted molar refractivity (Wildman–Crippen MR) is 341 cm³/mol. The van der Waals surface area contributed by atoms with Crippen LogP contribution >= 0.6 is 0 Å². The van der Waals surface area contributed by atoms with Crippen LogP contribution in [0.3, 0.4) is 0 Å². The molecular weight excluding hydrogens is 995 g/mol. The first-order valence-electron chi connectivity index (χ1n) is 29.1. The number of nitrogens with zero attached hydrogens (tertiary/aromatic N) is 3. The minimum absolute atomic E-state index is 0.183. The number of hydrogen-bond acceptors (Lipinski definition) is 3. The van der Waals surface area contributed by atoms with Crippen molar-refractivity contribution < 1.29 is 5.11 Å². The molecule has 4 heteroatoms. The van der Waals surface area contributed by atoms with Gasteiger partial charge in [0.25, 0.3) is 0 Å². The van der Waals surface area contributed by atoms with Crippen LogP contribution in [-0.2, 0) is 17.3 Å². The Bertz CT molecular complexity index is 4190. The monoisotopic (exact) mass is 1060 g/mol. The molecule has 12 aromatic rings. The molecule has 0 unspecified atom stereocenters. The van der Waals surface area contributed by atoms with Crippen LogP contribution in [0.15, 0.2) is 261 Å². The summed E-state index contributed by atoms with van der Waals surface area (Å²) in [5.41, 5.74) is 21.5. The van der Waals surface area contributed by atoms with Gasteiger partial charge in [-0.25, -0.2) is 4.98 Å². The van der Waals surface area contributed by atoms with Gasteiger partial charge in [-0.1, -0.05) is 253 Å². The van der Waals surface area contributed by atoms with Gasteiger partial charge >= 0.3 is 0 Å². The first-order chi connectivity index (χ1) is 40.1. The lowest BCUT2D eigenvalue weighted by Gasteiger charge is -2.32. The van der Waals surface area contributed by atoms with Crippen molar-refractivity contribution in [3.8, 4) is 89.7 Å². The van der Waals surface area contributed by atoms with Gasteiger partial charge in [-0.2, -0.15) is 0 Å². The van der Waals surface area contributed by atoms with E-state index in [4.69, 9.17) is 9.97 Å². The topological polar surface area (TPSA) is 50.9 Å². The summed E-state index contributed by atoms with van der Waals surface area (Å²) in [6, 6.07) is 91.2. The molecule has 0 radical (unpaired) electrons. The number of fused-ring (bicyclic) bond motifs is 1. The fourth-order valence-electron chi connectivity index (χ4n) is 12.8. The summed E-state index contributed by atoms with van der Waals surface area (Å²) in [5, 5.41) is 12.9. The van der Waals surface area contributed by atoms with E-state index in [1.54, 1.807) is 0 Å². The second kappa shape index (κ2) is 21.9. The first-order valence-corrected chi connectivity index (χ1v) is 29.1. The van der Waals surface area contributed by atoms with E-state index in [1.165, 1.54) is 53.5 Å². The molecule has 1 fully saturated rings. The second-order valence-electron chi connectivity index (χ2n) is 23.5. The Kier molecular flexibility index (Phi) is 13.9. The number of aromatic hydroxyl groups is 1. The molecule has 4 nitrogen and oxygen atoms in total. The third kappa shape index (κ3) is 9.93. The summed E-state index contributed by atoms with van der Waals surface area (Å²) in [4.78, 5) is 10.8. The predicted octanol–water partition coefficient (Wildman–Crippen LogP) is 20.2. The Morgan fingerprint density at radius 1 is 0.427 bits per heavy atom. The van der Waals surface area contributed by atoms with E-state index >= 15 is 0 Å². The van der Waals surface area contributed by atoms with E-state index in [2.05, 4.69) is 263 Å². The third-order valence-corrected chi connectivity index (χ3v) is 17.3. The lowest BCUT2D eigenvalue weighted by molar-refractivity contribution is 0.479. The summed E-state index contributed by atoms with van der Waals surface area (Å²) < 4.78 is 2.30. The average molecular weight is 1060 g/mol. The van der Waals surface area contributed by atoms with Crippen molar-refractivity contribution in [2.24, 2.45) is 5.92 Å². The Morgan fingerprint density at radius 3 is 1.66 bits per heavy atom. The minimum Gasteiger partial charge on any atom is -0.507 e. The molecule has 2 heterocycles.